The molecule has 0 radical (unpaired) electrons. The minimum absolute atomic E-state index is 0.274. The summed E-state index contributed by atoms with van der Waals surface area (Å²) >= 11 is 0. The molecule has 1 aromatic rings. The molecule has 1 saturated carbocycles. The third-order valence-electron chi connectivity index (χ3n) is 3.81. The number of nitrogens with two attached hydrogens (primary N) is 1. The summed E-state index contributed by atoms with van der Waals surface area (Å²) in [5.41, 5.74) is 8.35. The van der Waals surface area contributed by atoms with Gasteiger partial charge in [-0.1, -0.05) is 37.1 Å². The molecule has 106 valence electrons. The summed E-state index contributed by atoms with van der Waals surface area (Å²) in [5.74, 6) is 1.02. The van der Waals surface area contributed by atoms with Crippen LogP contribution in [0.15, 0.2) is 24.3 Å². The average molecular weight is 262 g/mol. The summed E-state index contributed by atoms with van der Waals surface area (Å²) < 4.78 is 5.12. The molecule has 3 nitrogen and oxygen atoms in total. The molecule has 1 atom stereocenters. The number of hydrogen-bond donors (Lipinski definition) is 2. The van der Waals surface area contributed by atoms with Gasteiger partial charge < -0.3 is 15.8 Å². The van der Waals surface area contributed by atoms with Crippen LogP contribution in [-0.2, 0) is 11.3 Å². The van der Waals surface area contributed by atoms with E-state index in [2.05, 4.69) is 29.6 Å². The van der Waals surface area contributed by atoms with Crippen LogP contribution in [0.3, 0.4) is 0 Å². The van der Waals surface area contributed by atoms with E-state index in [1.54, 1.807) is 7.11 Å². The number of methoxy groups -OCH3 is 1. The van der Waals surface area contributed by atoms with Crippen LogP contribution in [0.1, 0.15) is 42.9 Å². The smallest absolute Gasteiger partial charge is 0.0713 e. The molecule has 0 aliphatic heterocycles. The molecule has 1 unspecified atom stereocenters. The van der Waals surface area contributed by atoms with Crippen molar-refractivity contribution in [2.24, 2.45) is 11.7 Å². The lowest BCUT2D eigenvalue weighted by Crippen LogP contribution is -2.29. The van der Waals surface area contributed by atoms with Gasteiger partial charge >= 0.3 is 0 Å². The van der Waals surface area contributed by atoms with Gasteiger partial charge in [0.05, 0.1) is 6.61 Å². The van der Waals surface area contributed by atoms with E-state index >= 15 is 0 Å². The van der Waals surface area contributed by atoms with Crippen molar-refractivity contribution >= 4 is 0 Å². The summed E-state index contributed by atoms with van der Waals surface area (Å²) in [4.78, 5) is 0. The van der Waals surface area contributed by atoms with Gasteiger partial charge in [-0.15, -0.1) is 0 Å². The zero-order chi connectivity index (χ0) is 13.5. The maximum absolute atomic E-state index is 5.87. The Morgan fingerprint density at radius 1 is 1.32 bits per heavy atom. The van der Waals surface area contributed by atoms with Crippen molar-refractivity contribution in [2.75, 3.05) is 20.2 Å². The monoisotopic (exact) mass is 262 g/mol. The van der Waals surface area contributed by atoms with E-state index < -0.39 is 0 Å². The van der Waals surface area contributed by atoms with Gasteiger partial charge in [-0.05, 0) is 36.4 Å². The molecule has 1 aliphatic carbocycles. The molecule has 0 bridgehead atoms. The fourth-order valence-corrected chi connectivity index (χ4v) is 2.42. The maximum atomic E-state index is 5.87. The van der Waals surface area contributed by atoms with Gasteiger partial charge in [-0.25, -0.2) is 0 Å². The van der Waals surface area contributed by atoms with Crippen molar-refractivity contribution in [1.29, 1.82) is 0 Å². The van der Waals surface area contributed by atoms with Crippen LogP contribution in [0.2, 0.25) is 0 Å². The first-order valence-corrected chi connectivity index (χ1v) is 7.34. The van der Waals surface area contributed by atoms with Crippen molar-refractivity contribution in [3.05, 3.63) is 35.4 Å². The molecule has 1 aromatic carbocycles. The average Bonchev–Trinajstić information content (AvgIpc) is 3.25. The van der Waals surface area contributed by atoms with Crippen molar-refractivity contribution in [3.8, 4) is 0 Å². The third-order valence-corrected chi connectivity index (χ3v) is 3.81. The highest BCUT2D eigenvalue weighted by atomic mass is 16.5. The first kappa shape index (κ1) is 14.5. The van der Waals surface area contributed by atoms with Gasteiger partial charge in [0.2, 0.25) is 0 Å². The normalized spacial score (nSPS) is 16.5. The van der Waals surface area contributed by atoms with Crippen molar-refractivity contribution < 1.29 is 4.74 Å². The Balaban J connectivity index is 1.77. The van der Waals surface area contributed by atoms with Crippen LogP contribution in [0, 0.1) is 5.92 Å². The van der Waals surface area contributed by atoms with Gasteiger partial charge in [0.25, 0.3) is 0 Å². The lowest BCUT2D eigenvalue weighted by Gasteiger charge is -2.17. The lowest BCUT2D eigenvalue weighted by atomic mass is 10.0. The Kier molecular flexibility index (Phi) is 5.83. The highest BCUT2D eigenvalue weighted by Gasteiger charge is 2.20. The Bertz CT molecular complexity index is 360. The molecule has 3 heteroatoms. The Morgan fingerprint density at radius 2 is 2.05 bits per heavy atom. The Morgan fingerprint density at radius 3 is 2.63 bits per heavy atom. The summed E-state index contributed by atoms with van der Waals surface area (Å²) in [6.45, 7) is 2.38. The van der Waals surface area contributed by atoms with E-state index in [0.29, 0.717) is 13.2 Å². The van der Waals surface area contributed by atoms with E-state index in [-0.39, 0.29) is 6.04 Å². The fraction of sp³-hybridized carbons (Fsp3) is 0.625. The predicted octanol–water partition coefficient (Wildman–Crippen LogP) is 2.61. The molecule has 1 fully saturated rings. The van der Waals surface area contributed by atoms with Gasteiger partial charge in [-0.2, -0.15) is 0 Å². The molecular weight excluding hydrogens is 236 g/mol. The van der Waals surface area contributed by atoms with Gasteiger partial charge in [0, 0.05) is 19.7 Å². The van der Waals surface area contributed by atoms with Crippen molar-refractivity contribution in [3.63, 3.8) is 0 Å². The Labute approximate surface area is 116 Å². The summed E-state index contributed by atoms with van der Waals surface area (Å²) in [6, 6.07) is 8.82. The van der Waals surface area contributed by atoms with Crippen LogP contribution in [0.25, 0.3) is 0 Å². The second kappa shape index (κ2) is 7.63. The highest BCUT2D eigenvalue weighted by Crippen LogP contribution is 2.33. The predicted molar refractivity (Wildman–Crippen MR) is 78.9 cm³/mol. The third kappa shape index (κ3) is 4.94. The molecule has 19 heavy (non-hydrogen) atoms. The first-order valence-electron chi connectivity index (χ1n) is 7.34. The molecule has 0 saturated heterocycles. The largest absolute Gasteiger partial charge is 0.380 e. The van der Waals surface area contributed by atoms with Crippen LogP contribution in [0.5, 0.6) is 0 Å². The molecule has 1 aliphatic rings. The quantitative estimate of drug-likeness (QED) is 0.673. The number of ether oxygens (including phenoxy) is 1. The number of rotatable bonds is 9. The van der Waals surface area contributed by atoms with Crippen LogP contribution >= 0.6 is 0 Å². The highest BCUT2D eigenvalue weighted by molar-refractivity contribution is 5.25. The standard InChI is InChI=1S/C16H26N2O/c1-19-12-14-6-8-15(9-7-14)16(11-17)18-10-2-3-13-4-5-13/h6-9,13,16,18H,2-5,10-12,17H2,1H3. The molecular formula is C16H26N2O. The van der Waals surface area contributed by atoms with E-state index in [1.807, 2.05) is 0 Å². The zero-order valence-electron chi connectivity index (χ0n) is 11.9. The van der Waals surface area contributed by atoms with Crippen molar-refractivity contribution in [1.82, 2.24) is 5.32 Å². The maximum Gasteiger partial charge on any atom is 0.0713 e. The van der Waals surface area contributed by atoms with E-state index in [1.165, 1.54) is 36.8 Å². The Hall–Kier alpha value is -0.900. The van der Waals surface area contributed by atoms with E-state index in [9.17, 15) is 0 Å². The summed E-state index contributed by atoms with van der Waals surface area (Å²) in [6.07, 6.45) is 5.53. The second-order valence-corrected chi connectivity index (χ2v) is 5.50. The summed E-state index contributed by atoms with van der Waals surface area (Å²) in [5, 5.41) is 3.56. The molecule has 0 spiro atoms. The van der Waals surface area contributed by atoms with E-state index in [0.717, 1.165) is 12.5 Å². The molecule has 0 amide bonds. The fourth-order valence-electron chi connectivity index (χ4n) is 2.42. The first-order chi connectivity index (χ1) is 9.33. The molecule has 0 aromatic heterocycles. The minimum Gasteiger partial charge on any atom is -0.380 e. The minimum atomic E-state index is 0.274. The molecule has 0 heterocycles. The SMILES string of the molecule is COCc1ccc(C(CN)NCCCC2CC2)cc1. The molecule has 2 rings (SSSR count). The number of benzene rings is 1. The van der Waals surface area contributed by atoms with Gasteiger partial charge in [0.15, 0.2) is 0 Å². The van der Waals surface area contributed by atoms with Gasteiger partial charge in [-0.3, -0.25) is 0 Å². The van der Waals surface area contributed by atoms with Gasteiger partial charge in [0.1, 0.15) is 0 Å². The van der Waals surface area contributed by atoms with Crippen LogP contribution in [0.4, 0.5) is 0 Å². The summed E-state index contributed by atoms with van der Waals surface area (Å²) in [7, 11) is 1.72. The zero-order valence-corrected chi connectivity index (χ0v) is 11.9. The van der Waals surface area contributed by atoms with E-state index in [4.69, 9.17) is 10.5 Å². The molecule has 3 N–H and O–H groups in total. The second-order valence-electron chi connectivity index (χ2n) is 5.50. The van der Waals surface area contributed by atoms with Crippen molar-refractivity contribution in [2.45, 2.75) is 38.3 Å². The van der Waals surface area contributed by atoms with Crippen LogP contribution < -0.4 is 11.1 Å². The number of hydrogen-bond acceptors (Lipinski definition) is 3. The van der Waals surface area contributed by atoms with Crippen LogP contribution in [-0.4, -0.2) is 20.2 Å². The topological polar surface area (TPSA) is 47.3 Å². The number of nitrogens with one attached hydrogen (secondary N) is 1. The lowest BCUT2D eigenvalue weighted by molar-refractivity contribution is 0.185.